The molecule has 0 aliphatic rings. The minimum atomic E-state index is -0.220. The van der Waals surface area contributed by atoms with E-state index in [2.05, 4.69) is 0 Å². The van der Waals surface area contributed by atoms with E-state index < -0.39 is 0 Å². The number of phenolic OH excluding ortho intramolecular Hbond substituents is 1. The molecule has 3 aromatic carbocycles. The third-order valence-corrected chi connectivity index (χ3v) is 5.23. The SMILES string of the molecule is CN(Cc1cn(-c2ccccc2)nc1-c1ccc(Cl)cc1)C(=O)COc1ccccc1O. The van der Waals surface area contributed by atoms with Gasteiger partial charge in [-0.3, -0.25) is 4.79 Å². The predicted octanol–water partition coefficient (Wildman–Crippen LogP) is 4.94. The molecule has 1 amide bonds. The van der Waals surface area contributed by atoms with Crippen molar-refractivity contribution in [3.05, 3.63) is 95.6 Å². The zero-order valence-corrected chi connectivity index (χ0v) is 18.2. The van der Waals surface area contributed by atoms with E-state index in [9.17, 15) is 9.90 Å². The summed E-state index contributed by atoms with van der Waals surface area (Å²) in [5, 5.41) is 15.2. The van der Waals surface area contributed by atoms with Gasteiger partial charge in [-0.2, -0.15) is 5.10 Å². The molecule has 7 heteroatoms. The van der Waals surface area contributed by atoms with Crippen LogP contribution in [0.5, 0.6) is 11.5 Å². The molecule has 162 valence electrons. The highest BCUT2D eigenvalue weighted by atomic mass is 35.5. The number of likely N-dealkylation sites (N-methyl/N-ethyl adjacent to an activating group) is 1. The van der Waals surface area contributed by atoms with E-state index in [0.717, 1.165) is 22.5 Å². The predicted molar refractivity (Wildman–Crippen MR) is 124 cm³/mol. The fraction of sp³-hybridized carbons (Fsp3) is 0.120. The van der Waals surface area contributed by atoms with Gasteiger partial charge in [0.1, 0.15) is 0 Å². The van der Waals surface area contributed by atoms with Crippen molar-refractivity contribution in [2.24, 2.45) is 0 Å². The third-order valence-electron chi connectivity index (χ3n) is 4.98. The Kier molecular flexibility index (Phi) is 6.42. The first-order chi connectivity index (χ1) is 15.5. The summed E-state index contributed by atoms with van der Waals surface area (Å²) in [5.41, 5.74) is 3.48. The van der Waals surface area contributed by atoms with Gasteiger partial charge in [-0.05, 0) is 36.4 Å². The molecule has 1 N–H and O–H groups in total. The molecule has 0 bridgehead atoms. The number of hydrogen-bond acceptors (Lipinski definition) is 4. The number of halogens is 1. The maximum atomic E-state index is 12.7. The number of aromatic hydroxyl groups is 1. The number of ether oxygens (including phenoxy) is 1. The summed E-state index contributed by atoms with van der Waals surface area (Å²) in [6, 6.07) is 23.8. The van der Waals surface area contributed by atoms with E-state index in [1.54, 1.807) is 34.8 Å². The fourth-order valence-electron chi connectivity index (χ4n) is 3.26. The Morgan fingerprint density at radius 3 is 2.44 bits per heavy atom. The largest absolute Gasteiger partial charge is 0.504 e. The topological polar surface area (TPSA) is 67.6 Å². The first kappa shape index (κ1) is 21.5. The molecule has 0 aliphatic heterocycles. The number of aromatic nitrogens is 2. The Bertz CT molecular complexity index is 1210. The van der Waals surface area contributed by atoms with Crippen LogP contribution in [-0.2, 0) is 11.3 Å². The average Bonchev–Trinajstić information content (AvgIpc) is 3.23. The smallest absolute Gasteiger partial charge is 0.260 e. The molecule has 0 atom stereocenters. The zero-order chi connectivity index (χ0) is 22.5. The maximum Gasteiger partial charge on any atom is 0.260 e. The summed E-state index contributed by atoms with van der Waals surface area (Å²) in [7, 11) is 1.71. The molecule has 0 aliphatic carbocycles. The van der Waals surface area contributed by atoms with Crippen molar-refractivity contribution in [1.29, 1.82) is 0 Å². The van der Waals surface area contributed by atoms with E-state index in [1.807, 2.05) is 60.8 Å². The lowest BCUT2D eigenvalue weighted by Gasteiger charge is -2.17. The third kappa shape index (κ3) is 4.92. The molecule has 0 fully saturated rings. The van der Waals surface area contributed by atoms with E-state index in [0.29, 0.717) is 11.6 Å². The van der Waals surface area contributed by atoms with Crippen LogP contribution in [0, 0.1) is 0 Å². The lowest BCUT2D eigenvalue weighted by atomic mass is 10.1. The normalized spacial score (nSPS) is 10.7. The van der Waals surface area contributed by atoms with Crippen molar-refractivity contribution in [3.63, 3.8) is 0 Å². The van der Waals surface area contributed by atoms with Crippen LogP contribution in [0.2, 0.25) is 5.02 Å². The van der Waals surface area contributed by atoms with Crippen molar-refractivity contribution in [2.45, 2.75) is 6.54 Å². The summed E-state index contributed by atoms with van der Waals surface area (Å²) >= 11 is 6.05. The average molecular weight is 448 g/mol. The molecule has 0 spiro atoms. The number of amides is 1. The lowest BCUT2D eigenvalue weighted by Crippen LogP contribution is -2.31. The molecule has 32 heavy (non-hydrogen) atoms. The fourth-order valence-corrected chi connectivity index (χ4v) is 3.39. The first-order valence-corrected chi connectivity index (χ1v) is 10.4. The van der Waals surface area contributed by atoms with E-state index >= 15 is 0 Å². The first-order valence-electron chi connectivity index (χ1n) is 10.1. The molecular formula is C25H22ClN3O3. The van der Waals surface area contributed by atoms with Crippen LogP contribution < -0.4 is 4.74 Å². The monoisotopic (exact) mass is 447 g/mol. The van der Waals surface area contributed by atoms with Crippen molar-refractivity contribution in [3.8, 4) is 28.4 Å². The number of para-hydroxylation sites is 3. The van der Waals surface area contributed by atoms with Gasteiger partial charge in [-0.15, -0.1) is 0 Å². The molecule has 1 heterocycles. The van der Waals surface area contributed by atoms with Gasteiger partial charge in [0.15, 0.2) is 18.1 Å². The number of phenols is 1. The number of carbonyl (C=O) groups excluding carboxylic acids is 1. The van der Waals surface area contributed by atoms with Gasteiger partial charge in [0.2, 0.25) is 0 Å². The molecular weight excluding hydrogens is 426 g/mol. The Labute approximate surface area is 191 Å². The molecule has 0 unspecified atom stereocenters. The van der Waals surface area contributed by atoms with Gasteiger partial charge >= 0.3 is 0 Å². The van der Waals surface area contributed by atoms with Gasteiger partial charge in [0, 0.05) is 35.9 Å². The Morgan fingerprint density at radius 2 is 1.72 bits per heavy atom. The summed E-state index contributed by atoms with van der Waals surface area (Å²) < 4.78 is 7.28. The van der Waals surface area contributed by atoms with Crippen molar-refractivity contribution in [1.82, 2.24) is 14.7 Å². The molecule has 6 nitrogen and oxygen atoms in total. The lowest BCUT2D eigenvalue weighted by molar-refractivity contribution is -0.132. The maximum absolute atomic E-state index is 12.7. The highest BCUT2D eigenvalue weighted by Gasteiger charge is 2.17. The Hall–Kier alpha value is -3.77. The Morgan fingerprint density at radius 1 is 1.03 bits per heavy atom. The summed E-state index contributed by atoms with van der Waals surface area (Å²) in [6.45, 7) is 0.158. The number of hydrogen-bond donors (Lipinski definition) is 1. The van der Waals surface area contributed by atoms with Gasteiger partial charge < -0.3 is 14.7 Å². The van der Waals surface area contributed by atoms with Crippen molar-refractivity contribution >= 4 is 17.5 Å². The van der Waals surface area contributed by atoms with Crippen LogP contribution in [0.3, 0.4) is 0 Å². The molecule has 4 rings (SSSR count). The van der Waals surface area contributed by atoms with Crippen molar-refractivity contribution < 1.29 is 14.6 Å². The number of rotatable bonds is 7. The van der Waals surface area contributed by atoms with Crippen LogP contribution in [0.25, 0.3) is 16.9 Å². The Balaban J connectivity index is 1.56. The second-order valence-electron chi connectivity index (χ2n) is 7.30. The quantitative estimate of drug-likeness (QED) is 0.436. The van der Waals surface area contributed by atoms with E-state index in [4.69, 9.17) is 21.4 Å². The highest BCUT2D eigenvalue weighted by molar-refractivity contribution is 6.30. The second kappa shape index (κ2) is 9.58. The second-order valence-corrected chi connectivity index (χ2v) is 7.73. The molecule has 0 saturated carbocycles. The zero-order valence-electron chi connectivity index (χ0n) is 17.5. The molecule has 1 aromatic heterocycles. The van der Waals surface area contributed by atoms with Crippen molar-refractivity contribution in [2.75, 3.05) is 13.7 Å². The van der Waals surface area contributed by atoms with Gasteiger partial charge in [0.05, 0.1) is 11.4 Å². The standard InChI is InChI=1S/C25H22ClN3O3/c1-28(24(31)17-32-23-10-6-5-9-22(23)30)15-19-16-29(21-7-3-2-4-8-21)27-25(19)18-11-13-20(26)14-12-18/h2-14,16,30H,15,17H2,1H3. The van der Waals surface area contributed by atoms with Crippen LogP contribution in [-0.4, -0.2) is 39.3 Å². The highest BCUT2D eigenvalue weighted by Crippen LogP contribution is 2.27. The summed E-state index contributed by atoms with van der Waals surface area (Å²) in [6.07, 6.45) is 1.92. The number of benzene rings is 3. The van der Waals surface area contributed by atoms with Crippen LogP contribution in [0.15, 0.2) is 85.1 Å². The van der Waals surface area contributed by atoms with Gasteiger partial charge in [-0.25, -0.2) is 4.68 Å². The van der Waals surface area contributed by atoms with Gasteiger partial charge in [-0.1, -0.05) is 54.1 Å². The summed E-state index contributed by atoms with van der Waals surface area (Å²) in [5.74, 6) is 0.0490. The van der Waals surface area contributed by atoms with Gasteiger partial charge in [0.25, 0.3) is 5.91 Å². The van der Waals surface area contributed by atoms with E-state index in [1.165, 1.54) is 6.07 Å². The molecule has 4 aromatic rings. The number of carbonyl (C=O) groups is 1. The minimum absolute atomic E-state index is 0.00267. The molecule has 0 saturated heterocycles. The minimum Gasteiger partial charge on any atom is -0.504 e. The van der Waals surface area contributed by atoms with E-state index in [-0.39, 0.29) is 24.0 Å². The molecule has 0 radical (unpaired) electrons. The van der Waals surface area contributed by atoms with Crippen LogP contribution in [0.1, 0.15) is 5.56 Å². The van der Waals surface area contributed by atoms with Crippen LogP contribution >= 0.6 is 11.6 Å². The van der Waals surface area contributed by atoms with Crippen LogP contribution in [0.4, 0.5) is 0 Å². The number of nitrogens with zero attached hydrogens (tertiary/aromatic N) is 3. The summed E-state index contributed by atoms with van der Waals surface area (Å²) in [4.78, 5) is 14.3.